The lowest BCUT2D eigenvalue weighted by molar-refractivity contribution is -0.144. The van der Waals surface area contributed by atoms with Crippen molar-refractivity contribution in [2.45, 2.75) is 162 Å². The highest BCUT2D eigenvalue weighted by molar-refractivity contribution is 5.97. The molecule has 1 fully saturated rings. The number of carbonyl (C=O) groups is 8. The summed E-state index contributed by atoms with van der Waals surface area (Å²) >= 11 is 0. The van der Waals surface area contributed by atoms with E-state index in [1.165, 1.54) is 4.90 Å². The maximum atomic E-state index is 13.9. The molecule has 0 aromatic rings. The van der Waals surface area contributed by atoms with E-state index in [1.807, 2.05) is 27.7 Å². The second-order valence-electron chi connectivity index (χ2n) is 16.4. The van der Waals surface area contributed by atoms with Gasteiger partial charge in [-0.3, -0.25) is 33.6 Å². The van der Waals surface area contributed by atoms with E-state index in [9.17, 15) is 43.5 Å². The van der Waals surface area contributed by atoms with Gasteiger partial charge in [0, 0.05) is 13.0 Å². The predicted molar refractivity (Wildman–Crippen MR) is 213 cm³/mol. The van der Waals surface area contributed by atoms with Gasteiger partial charge in [0.1, 0.15) is 36.3 Å². The molecule has 0 aliphatic carbocycles. The number of nitrogens with one attached hydrogen (secondary N) is 5. The first-order valence-corrected chi connectivity index (χ1v) is 20.4. The van der Waals surface area contributed by atoms with Crippen LogP contribution in [0.5, 0.6) is 0 Å². The number of carboxylic acids is 2. The summed E-state index contributed by atoms with van der Waals surface area (Å²) in [6.07, 6.45) is 2.51. The average Bonchev–Trinajstić information content (AvgIpc) is 3.62. The van der Waals surface area contributed by atoms with Crippen LogP contribution in [0, 0.1) is 23.7 Å². The Labute approximate surface area is 337 Å². The first kappa shape index (κ1) is 50.7. The van der Waals surface area contributed by atoms with Crippen LogP contribution in [0.4, 0.5) is 0 Å². The van der Waals surface area contributed by atoms with Crippen LogP contribution in [-0.4, -0.2) is 118 Å². The lowest BCUT2D eigenvalue weighted by Crippen LogP contribution is -2.60. The van der Waals surface area contributed by atoms with Crippen LogP contribution in [-0.2, 0) is 38.4 Å². The third-order valence-electron chi connectivity index (χ3n) is 10.1. The van der Waals surface area contributed by atoms with Gasteiger partial charge >= 0.3 is 11.9 Å². The highest BCUT2D eigenvalue weighted by Crippen LogP contribution is 2.22. The number of nitrogens with two attached hydrogens (primary N) is 2. The fourth-order valence-electron chi connectivity index (χ4n) is 6.60. The normalized spacial score (nSPS) is 17.8. The molecule has 0 aromatic carbocycles. The minimum atomic E-state index is -1.20. The maximum Gasteiger partial charge on any atom is 0.326 e. The Bertz CT molecular complexity index is 1380. The van der Waals surface area contributed by atoms with Crippen LogP contribution in [0.1, 0.15) is 120 Å². The molecule has 1 aliphatic heterocycles. The van der Waals surface area contributed by atoms with Gasteiger partial charge in [0.15, 0.2) is 0 Å². The SMILES string of the molecule is CC[C@H](C)[C@H](NC(=O)[C@H](CCCCN)NC(=O)[C@@H](NC(=O)[C@H](CC(C)C)NC(=O)[C@@H]1CCCN1C(=O)[C@H](CC(C)C)NC(=O)[C@@H](N)CCC(=O)O)C(C)C)C(=O)O. The van der Waals surface area contributed by atoms with Crippen molar-refractivity contribution in [3.63, 3.8) is 0 Å². The van der Waals surface area contributed by atoms with Crippen molar-refractivity contribution in [1.29, 1.82) is 0 Å². The first-order chi connectivity index (χ1) is 26.6. The smallest absolute Gasteiger partial charge is 0.326 e. The van der Waals surface area contributed by atoms with Crippen molar-refractivity contribution < 1.29 is 48.6 Å². The molecule has 0 bridgehead atoms. The number of amides is 6. The summed E-state index contributed by atoms with van der Waals surface area (Å²) in [4.78, 5) is 106. The van der Waals surface area contributed by atoms with Gasteiger partial charge in [-0.1, -0.05) is 61.8 Å². The van der Waals surface area contributed by atoms with E-state index in [2.05, 4.69) is 26.6 Å². The molecule has 1 aliphatic rings. The molecule has 57 heavy (non-hydrogen) atoms. The molecule has 6 amide bonds. The summed E-state index contributed by atoms with van der Waals surface area (Å²) in [7, 11) is 0. The summed E-state index contributed by atoms with van der Waals surface area (Å²) < 4.78 is 0. The van der Waals surface area contributed by atoms with E-state index in [-0.39, 0.29) is 56.4 Å². The van der Waals surface area contributed by atoms with Crippen LogP contribution in [0.15, 0.2) is 0 Å². The zero-order valence-corrected chi connectivity index (χ0v) is 35.1. The van der Waals surface area contributed by atoms with E-state index in [0.717, 1.165) is 0 Å². The van der Waals surface area contributed by atoms with Gasteiger partial charge in [-0.25, -0.2) is 4.79 Å². The van der Waals surface area contributed by atoms with E-state index in [4.69, 9.17) is 16.6 Å². The van der Waals surface area contributed by atoms with E-state index in [1.54, 1.807) is 27.7 Å². The van der Waals surface area contributed by atoms with Crippen molar-refractivity contribution in [2.75, 3.05) is 13.1 Å². The van der Waals surface area contributed by atoms with Gasteiger partial charge in [-0.2, -0.15) is 0 Å². The van der Waals surface area contributed by atoms with E-state index in [0.29, 0.717) is 38.6 Å². The van der Waals surface area contributed by atoms with Crippen molar-refractivity contribution in [1.82, 2.24) is 31.5 Å². The maximum absolute atomic E-state index is 13.9. The van der Waals surface area contributed by atoms with Gasteiger partial charge in [-0.15, -0.1) is 0 Å². The van der Waals surface area contributed by atoms with Crippen molar-refractivity contribution >= 4 is 47.4 Å². The predicted octanol–water partition coefficient (Wildman–Crippen LogP) is 0.601. The summed E-state index contributed by atoms with van der Waals surface area (Å²) in [6, 6.07) is -7.62. The third-order valence-corrected chi connectivity index (χ3v) is 10.1. The van der Waals surface area contributed by atoms with Crippen molar-refractivity contribution in [2.24, 2.45) is 35.1 Å². The summed E-state index contributed by atoms with van der Waals surface area (Å²) in [6.45, 7) is 15.0. The van der Waals surface area contributed by atoms with Gasteiger partial charge in [0.05, 0.1) is 6.04 Å². The standard InChI is InChI=1S/C39H70N8O10/c1-9-24(8)32(39(56)57)46-34(51)26(13-10-11-17-40)42-37(54)31(23(6)7)45-35(52)27(19-21(2)3)43-36(53)29-14-12-18-47(29)38(55)28(20-22(4)5)44-33(50)25(41)15-16-30(48)49/h21-29,31-32H,9-20,40-41H2,1-8H3,(H,42,54)(H,43,53)(H,44,50)(H,45,52)(H,46,51)(H,48,49)(H,56,57)/t24-,25-,26-,27-,28-,29-,31-,32-/m0/s1. The molecule has 1 heterocycles. The topological polar surface area (TPSA) is 292 Å². The van der Waals surface area contributed by atoms with Gasteiger partial charge in [0.2, 0.25) is 35.4 Å². The Balaban J connectivity index is 3.23. The number of nitrogens with zero attached hydrogens (tertiary/aromatic N) is 1. The third kappa shape index (κ3) is 17.4. The van der Waals surface area contributed by atoms with Crippen LogP contribution in [0.3, 0.4) is 0 Å². The Morgan fingerprint density at radius 1 is 0.702 bits per heavy atom. The highest BCUT2D eigenvalue weighted by atomic mass is 16.4. The Kier molecular flexibility index (Phi) is 22.4. The molecule has 8 atom stereocenters. The molecular weight excluding hydrogens is 740 g/mol. The van der Waals surface area contributed by atoms with Gasteiger partial charge in [0.25, 0.3) is 0 Å². The number of rotatable bonds is 26. The van der Waals surface area contributed by atoms with Crippen LogP contribution in [0.25, 0.3) is 0 Å². The number of hydrogen-bond donors (Lipinski definition) is 9. The molecule has 0 unspecified atom stereocenters. The molecule has 18 nitrogen and oxygen atoms in total. The number of carboxylic acid groups (broad SMARTS) is 2. The molecule has 1 saturated heterocycles. The fraction of sp³-hybridized carbons (Fsp3) is 0.795. The number of likely N-dealkylation sites (tertiary alicyclic amines) is 1. The number of aliphatic carboxylic acids is 2. The quantitative estimate of drug-likeness (QED) is 0.0543. The minimum absolute atomic E-state index is 0.0309. The van der Waals surface area contributed by atoms with E-state index < -0.39 is 95.6 Å². The Morgan fingerprint density at radius 3 is 1.79 bits per heavy atom. The highest BCUT2D eigenvalue weighted by Gasteiger charge is 2.40. The second-order valence-corrected chi connectivity index (χ2v) is 16.4. The molecule has 326 valence electrons. The molecular formula is C39H70N8O10. The van der Waals surface area contributed by atoms with Crippen molar-refractivity contribution in [3.05, 3.63) is 0 Å². The van der Waals surface area contributed by atoms with E-state index >= 15 is 0 Å². The second kappa shape index (κ2) is 25.1. The Morgan fingerprint density at radius 2 is 1.26 bits per heavy atom. The van der Waals surface area contributed by atoms with Crippen LogP contribution in [0.2, 0.25) is 0 Å². The van der Waals surface area contributed by atoms with Crippen LogP contribution >= 0.6 is 0 Å². The zero-order chi connectivity index (χ0) is 43.6. The monoisotopic (exact) mass is 811 g/mol. The van der Waals surface area contributed by atoms with Gasteiger partial charge < -0.3 is 53.2 Å². The number of unbranched alkanes of at least 4 members (excludes halogenated alkanes) is 1. The summed E-state index contributed by atoms with van der Waals surface area (Å²) in [5.74, 6) is -6.97. The number of hydrogen-bond acceptors (Lipinski definition) is 10. The molecule has 0 spiro atoms. The molecule has 11 N–H and O–H groups in total. The largest absolute Gasteiger partial charge is 0.481 e. The molecule has 18 heteroatoms. The number of carbonyl (C=O) groups excluding carboxylic acids is 6. The Hall–Kier alpha value is -4.32. The molecule has 0 aromatic heterocycles. The lowest BCUT2D eigenvalue weighted by atomic mass is 9.97. The minimum Gasteiger partial charge on any atom is -0.481 e. The fourth-order valence-corrected chi connectivity index (χ4v) is 6.60. The molecule has 0 radical (unpaired) electrons. The summed E-state index contributed by atoms with van der Waals surface area (Å²) in [5, 5.41) is 32.2. The van der Waals surface area contributed by atoms with Crippen LogP contribution < -0.4 is 38.1 Å². The molecule has 1 rings (SSSR count). The zero-order valence-electron chi connectivity index (χ0n) is 35.1. The summed E-state index contributed by atoms with van der Waals surface area (Å²) in [5.41, 5.74) is 11.6. The van der Waals surface area contributed by atoms with Gasteiger partial charge in [-0.05, 0) is 81.6 Å². The first-order valence-electron chi connectivity index (χ1n) is 20.4. The molecule has 0 saturated carbocycles. The van der Waals surface area contributed by atoms with Crippen molar-refractivity contribution in [3.8, 4) is 0 Å². The lowest BCUT2D eigenvalue weighted by Gasteiger charge is -2.32. The average molecular weight is 811 g/mol.